The molecule has 6 amide bonds. The second-order valence-electron chi connectivity index (χ2n) is 12.1. The number of urea groups is 2. The van der Waals surface area contributed by atoms with E-state index in [1.54, 1.807) is 24.3 Å². The maximum absolute atomic E-state index is 11.7. The highest BCUT2D eigenvalue weighted by Gasteiger charge is 2.12. The average Bonchev–Trinajstić information content (AvgIpc) is 3.05. The minimum absolute atomic E-state index is 0. The first-order valence-corrected chi connectivity index (χ1v) is 15.7. The van der Waals surface area contributed by atoms with Gasteiger partial charge in [-0.3, -0.25) is 0 Å². The molecular weight excluding hydrogens is 751 g/mol. The molecule has 0 saturated carbocycles. The van der Waals surface area contributed by atoms with Crippen LogP contribution in [0.2, 0.25) is 0 Å². The molecule has 266 valence electrons. The number of rotatable bonds is 10. The van der Waals surface area contributed by atoms with E-state index in [0.717, 1.165) is 33.3 Å². The van der Waals surface area contributed by atoms with Crippen LogP contribution in [-0.2, 0) is 0 Å². The molecule has 13 heteroatoms. The zero-order chi connectivity index (χ0) is 35.6. The number of hydrogen-bond donors (Lipinski definition) is 4. The van der Waals surface area contributed by atoms with E-state index in [-0.39, 0.29) is 24.0 Å². The van der Waals surface area contributed by atoms with Gasteiger partial charge in [-0.05, 0) is 60.6 Å². The lowest BCUT2D eigenvalue weighted by Gasteiger charge is -2.23. The van der Waals surface area contributed by atoms with Crippen LogP contribution in [0.4, 0.5) is 19.2 Å². The van der Waals surface area contributed by atoms with E-state index in [0.29, 0.717) is 31.1 Å². The molecule has 4 rings (SSSR count). The summed E-state index contributed by atoms with van der Waals surface area (Å²) >= 11 is 0. The summed E-state index contributed by atoms with van der Waals surface area (Å²) in [6.45, 7) is 2.35. The molecule has 0 fully saturated rings. The molecule has 12 nitrogen and oxygen atoms in total. The summed E-state index contributed by atoms with van der Waals surface area (Å²) in [5, 5.41) is 9.45. The quantitative estimate of drug-likeness (QED) is 0.143. The van der Waals surface area contributed by atoms with Gasteiger partial charge in [-0.2, -0.15) is 0 Å². The fourth-order valence-electron chi connectivity index (χ4n) is 4.13. The van der Waals surface area contributed by atoms with Crippen molar-refractivity contribution in [2.75, 3.05) is 61.4 Å². The Morgan fingerprint density at radius 1 is 0.560 bits per heavy atom. The highest BCUT2D eigenvalue weighted by molar-refractivity contribution is 5.92. The Hall–Kier alpha value is -4.99. The fraction of sp³-hybridized carbons (Fsp3) is 0.243. The van der Waals surface area contributed by atoms with Crippen LogP contribution in [-0.4, -0.2) is 95.0 Å². The SMILES string of the molecule is CN(C)CCNC(=O)NC(=O)Oc1ccc(-c2ccccc2)cc1.C[N+](C)(C)CCNC(=O)NC(=O)Oc1ccc(-c2ccccc2)cc1.[I-]. The van der Waals surface area contributed by atoms with Crippen molar-refractivity contribution in [3.05, 3.63) is 109 Å². The van der Waals surface area contributed by atoms with E-state index in [1.165, 1.54) is 0 Å². The third-order valence-electron chi connectivity index (χ3n) is 6.69. The van der Waals surface area contributed by atoms with Gasteiger partial charge in [0.15, 0.2) is 0 Å². The van der Waals surface area contributed by atoms with Gasteiger partial charge >= 0.3 is 24.2 Å². The van der Waals surface area contributed by atoms with E-state index in [9.17, 15) is 19.2 Å². The van der Waals surface area contributed by atoms with Crippen molar-refractivity contribution in [1.82, 2.24) is 26.2 Å². The number of likely N-dealkylation sites (N-methyl/N-ethyl adjacent to an activating group) is 2. The van der Waals surface area contributed by atoms with Crippen molar-refractivity contribution >= 4 is 24.2 Å². The third kappa shape index (κ3) is 16.4. The molecule has 50 heavy (non-hydrogen) atoms. The fourth-order valence-corrected chi connectivity index (χ4v) is 4.13. The van der Waals surface area contributed by atoms with Gasteiger partial charge in [-0.25, -0.2) is 29.8 Å². The van der Waals surface area contributed by atoms with Gasteiger partial charge in [0.05, 0.1) is 34.2 Å². The Labute approximate surface area is 310 Å². The zero-order valence-corrected chi connectivity index (χ0v) is 31.1. The molecule has 0 aromatic heterocycles. The Morgan fingerprint density at radius 2 is 0.920 bits per heavy atom. The number of nitrogens with zero attached hydrogens (tertiary/aromatic N) is 2. The Kier molecular flexibility index (Phi) is 17.4. The van der Waals surface area contributed by atoms with Gasteiger partial charge in [-0.1, -0.05) is 84.9 Å². The lowest BCUT2D eigenvalue weighted by Crippen LogP contribution is -3.00. The van der Waals surface area contributed by atoms with E-state index >= 15 is 0 Å². The predicted molar refractivity (Wildman–Crippen MR) is 190 cm³/mol. The van der Waals surface area contributed by atoms with Crippen LogP contribution < -0.4 is 54.7 Å². The molecule has 0 spiro atoms. The smallest absolute Gasteiger partial charge is 0.420 e. The van der Waals surface area contributed by atoms with Crippen molar-refractivity contribution in [3.63, 3.8) is 0 Å². The predicted octanol–water partition coefficient (Wildman–Crippen LogP) is 2.58. The van der Waals surface area contributed by atoms with E-state index in [4.69, 9.17) is 9.47 Å². The molecule has 4 aromatic rings. The maximum Gasteiger partial charge on any atom is 0.420 e. The molecule has 0 bridgehead atoms. The number of ether oxygens (including phenoxy) is 2. The molecule has 0 heterocycles. The highest BCUT2D eigenvalue weighted by Crippen LogP contribution is 2.23. The second kappa shape index (κ2) is 21.2. The summed E-state index contributed by atoms with van der Waals surface area (Å²) in [5.41, 5.74) is 4.19. The number of quaternary nitrogens is 1. The molecule has 0 aliphatic heterocycles. The molecular formula is C37H45IN6O6. The van der Waals surface area contributed by atoms with Gasteiger partial charge in [0.1, 0.15) is 11.5 Å². The summed E-state index contributed by atoms with van der Waals surface area (Å²) in [6.07, 6.45) is -1.62. The van der Waals surface area contributed by atoms with Crippen molar-refractivity contribution < 1.29 is 57.1 Å². The van der Waals surface area contributed by atoms with Gasteiger partial charge in [0.2, 0.25) is 0 Å². The van der Waals surface area contributed by atoms with Crippen molar-refractivity contribution in [3.8, 4) is 33.8 Å². The van der Waals surface area contributed by atoms with Crippen molar-refractivity contribution in [2.24, 2.45) is 0 Å². The second-order valence-corrected chi connectivity index (χ2v) is 12.1. The third-order valence-corrected chi connectivity index (χ3v) is 6.69. The summed E-state index contributed by atoms with van der Waals surface area (Å²) in [5.74, 6) is 0.740. The van der Waals surface area contributed by atoms with Crippen LogP contribution in [0.5, 0.6) is 11.5 Å². The topological polar surface area (TPSA) is 138 Å². The number of carbonyl (C=O) groups excluding carboxylic acids is 4. The Balaban J connectivity index is 0.000000340. The lowest BCUT2D eigenvalue weighted by atomic mass is 10.1. The average molecular weight is 797 g/mol. The summed E-state index contributed by atoms with van der Waals surface area (Å²) < 4.78 is 10.9. The maximum atomic E-state index is 11.7. The minimum atomic E-state index is -0.815. The lowest BCUT2D eigenvalue weighted by molar-refractivity contribution is -0.869. The summed E-state index contributed by atoms with van der Waals surface area (Å²) in [6, 6.07) is 32.8. The molecule has 0 radical (unpaired) electrons. The van der Waals surface area contributed by atoms with E-state index in [2.05, 4.69) is 21.3 Å². The van der Waals surface area contributed by atoms with Gasteiger partial charge in [0.25, 0.3) is 0 Å². The number of nitrogens with one attached hydrogen (secondary N) is 4. The first-order valence-electron chi connectivity index (χ1n) is 15.7. The highest BCUT2D eigenvalue weighted by atomic mass is 127. The number of carbonyl (C=O) groups is 4. The zero-order valence-electron chi connectivity index (χ0n) is 28.9. The van der Waals surface area contributed by atoms with Gasteiger partial charge in [-0.15, -0.1) is 0 Å². The van der Waals surface area contributed by atoms with Crippen LogP contribution >= 0.6 is 0 Å². The molecule has 0 saturated heterocycles. The standard InChI is InChI=1S/C19H23N3O3.C18H21N3O3.HI/c1-22(2,3)14-13-20-18(23)21-19(24)25-17-11-9-16(10-12-17)15-7-5-4-6-8-15;1-21(2)13-12-19-17(22)20-18(23)24-16-10-8-15(9-11-16)14-6-4-3-5-7-14;/h4-12H,13-14H2,1-3H3,(H-,20,21,23,24);3-11H,12-13H2,1-2H3,(H2,19,20,22,23);1H. The minimum Gasteiger partial charge on any atom is -1.00 e. The largest absolute Gasteiger partial charge is 1.00 e. The number of imide groups is 2. The van der Waals surface area contributed by atoms with Gasteiger partial charge < -0.3 is 53.5 Å². The number of benzene rings is 4. The number of halogens is 1. The van der Waals surface area contributed by atoms with Gasteiger partial charge in [0, 0.05) is 13.1 Å². The Bertz CT molecular complexity index is 1630. The van der Waals surface area contributed by atoms with Crippen LogP contribution in [0.1, 0.15) is 0 Å². The molecule has 0 unspecified atom stereocenters. The molecule has 0 aliphatic rings. The molecule has 4 aromatic carbocycles. The van der Waals surface area contributed by atoms with E-state index < -0.39 is 24.2 Å². The van der Waals surface area contributed by atoms with Crippen molar-refractivity contribution in [2.45, 2.75) is 0 Å². The monoisotopic (exact) mass is 796 g/mol. The molecule has 0 aliphatic carbocycles. The molecule has 4 N–H and O–H groups in total. The van der Waals surface area contributed by atoms with E-state index in [1.807, 2.05) is 125 Å². The Morgan fingerprint density at radius 3 is 1.28 bits per heavy atom. The first kappa shape index (κ1) is 41.2. The van der Waals surface area contributed by atoms with Crippen LogP contribution in [0.25, 0.3) is 22.3 Å². The number of hydrogen-bond acceptors (Lipinski definition) is 7. The van der Waals surface area contributed by atoms with Crippen LogP contribution in [0.15, 0.2) is 109 Å². The van der Waals surface area contributed by atoms with Crippen LogP contribution in [0, 0.1) is 0 Å². The summed E-state index contributed by atoms with van der Waals surface area (Å²) in [4.78, 5) is 48.5. The summed E-state index contributed by atoms with van der Waals surface area (Å²) in [7, 11) is 9.85. The van der Waals surface area contributed by atoms with Crippen molar-refractivity contribution in [1.29, 1.82) is 0 Å². The normalized spacial score (nSPS) is 10.4. The van der Waals surface area contributed by atoms with Crippen LogP contribution in [0.3, 0.4) is 0 Å². The molecule has 0 atom stereocenters. The first-order chi connectivity index (χ1) is 23.4. The number of amides is 6.